The molecule has 4 aromatic rings. The van der Waals surface area contributed by atoms with Gasteiger partial charge in [0.25, 0.3) is 5.89 Å². The number of aromatic nitrogens is 4. The Labute approximate surface area is 197 Å². The zero-order valence-corrected chi connectivity index (χ0v) is 19.4. The van der Waals surface area contributed by atoms with Crippen LogP contribution in [0.15, 0.2) is 51.9 Å². The molecule has 1 aliphatic carbocycles. The van der Waals surface area contributed by atoms with E-state index in [2.05, 4.69) is 20.4 Å². The van der Waals surface area contributed by atoms with Gasteiger partial charge in [-0.25, -0.2) is 4.98 Å². The van der Waals surface area contributed by atoms with Crippen LogP contribution in [0.25, 0.3) is 33.9 Å². The van der Waals surface area contributed by atoms with Gasteiger partial charge in [-0.1, -0.05) is 54.2 Å². The second-order valence-corrected chi connectivity index (χ2v) is 9.02. The van der Waals surface area contributed by atoms with E-state index in [0.717, 1.165) is 42.5 Å². The fourth-order valence-corrected chi connectivity index (χ4v) is 4.46. The number of aryl methyl sites for hydroxylation is 2. The molecular weight excluding hydrogens is 430 g/mol. The molecule has 1 saturated carbocycles. The zero-order valence-electron chi connectivity index (χ0n) is 19.4. The molecule has 174 valence electrons. The lowest BCUT2D eigenvalue weighted by atomic mass is 9.95. The van der Waals surface area contributed by atoms with Gasteiger partial charge in [0.15, 0.2) is 0 Å². The van der Waals surface area contributed by atoms with Crippen molar-refractivity contribution >= 4 is 16.9 Å². The highest BCUT2D eigenvalue weighted by atomic mass is 16.5. The molecule has 0 saturated heterocycles. The Morgan fingerprint density at radius 1 is 1.06 bits per heavy atom. The number of nitrogens with one attached hydrogen (secondary N) is 1. The maximum Gasteiger partial charge on any atom is 0.263 e. The third-order valence-electron chi connectivity index (χ3n) is 6.31. The first-order chi connectivity index (χ1) is 16.5. The van der Waals surface area contributed by atoms with E-state index in [4.69, 9.17) is 4.52 Å². The first-order valence-electron chi connectivity index (χ1n) is 11.7. The predicted octanol–water partition coefficient (Wildman–Crippen LogP) is 4.18. The number of nitrogens with zero attached hydrogens (tertiary/aromatic N) is 4. The van der Waals surface area contributed by atoms with Crippen LogP contribution in [-0.2, 0) is 11.3 Å². The van der Waals surface area contributed by atoms with E-state index in [1.165, 1.54) is 6.42 Å². The maximum atomic E-state index is 13.3. The normalized spacial score (nSPS) is 14.4. The summed E-state index contributed by atoms with van der Waals surface area (Å²) in [6.07, 6.45) is 7.10. The first-order valence-corrected chi connectivity index (χ1v) is 11.7. The van der Waals surface area contributed by atoms with Crippen LogP contribution in [0.3, 0.4) is 0 Å². The molecule has 1 N–H and O–H groups in total. The van der Waals surface area contributed by atoms with Gasteiger partial charge in [-0.15, -0.1) is 0 Å². The van der Waals surface area contributed by atoms with Gasteiger partial charge < -0.3 is 14.4 Å². The molecule has 8 heteroatoms. The monoisotopic (exact) mass is 457 g/mol. The number of amides is 1. The van der Waals surface area contributed by atoms with Gasteiger partial charge in [-0.3, -0.25) is 9.59 Å². The molecule has 1 aliphatic rings. The van der Waals surface area contributed by atoms with Crippen LogP contribution >= 0.6 is 0 Å². The van der Waals surface area contributed by atoms with Crippen LogP contribution in [0, 0.1) is 13.8 Å². The lowest BCUT2D eigenvalue weighted by Gasteiger charge is -2.23. The second kappa shape index (κ2) is 9.21. The third-order valence-corrected chi connectivity index (χ3v) is 6.31. The molecule has 0 aliphatic heterocycles. The van der Waals surface area contributed by atoms with Gasteiger partial charge >= 0.3 is 0 Å². The average molecular weight is 458 g/mol. The minimum Gasteiger partial charge on any atom is -0.352 e. The van der Waals surface area contributed by atoms with E-state index < -0.39 is 0 Å². The number of carbonyl (C=O) groups is 1. The number of benzene rings is 1. The van der Waals surface area contributed by atoms with Gasteiger partial charge in [-0.05, 0) is 38.8 Å². The van der Waals surface area contributed by atoms with E-state index in [1.54, 1.807) is 22.9 Å². The maximum absolute atomic E-state index is 13.3. The number of carbonyl (C=O) groups excluding carboxylic acids is 1. The van der Waals surface area contributed by atoms with Crippen LogP contribution in [0.4, 0.5) is 0 Å². The van der Waals surface area contributed by atoms with Crippen LogP contribution in [0.1, 0.15) is 43.4 Å². The van der Waals surface area contributed by atoms with E-state index in [9.17, 15) is 9.59 Å². The number of hydrogen-bond acceptors (Lipinski definition) is 6. The van der Waals surface area contributed by atoms with Crippen molar-refractivity contribution in [2.75, 3.05) is 0 Å². The number of fused-ring (bicyclic) bond motifs is 1. The van der Waals surface area contributed by atoms with Crippen molar-refractivity contribution in [3.05, 3.63) is 64.1 Å². The summed E-state index contributed by atoms with van der Waals surface area (Å²) in [5, 5.41) is 7.61. The average Bonchev–Trinajstić information content (AvgIpc) is 3.32. The summed E-state index contributed by atoms with van der Waals surface area (Å²) >= 11 is 0. The Hall–Kier alpha value is -3.81. The Bertz CT molecular complexity index is 1400. The summed E-state index contributed by atoms with van der Waals surface area (Å²) in [4.78, 5) is 35.2. The molecule has 0 atom stereocenters. The van der Waals surface area contributed by atoms with Gasteiger partial charge in [0.2, 0.25) is 17.2 Å². The first kappa shape index (κ1) is 22.0. The van der Waals surface area contributed by atoms with Gasteiger partial charge in [0.1, 0.15) is 17.8 Å². The van der Waals surface area contributed by atoms with Crippen LogP contribution in [0.5, 0.6) is 0 Å². The van der Waals surface area contributed by atoms with Crippen molar-refractivity contribution in [2.45, 2.75) is 58.5 Å². The second-order valence-electron chi connectivity index (χ2n) is 9.02. The lowest BCUT2D eigenvalue weighted by Crippen LogP contribution is -2.38. The Morgan fingerprint density at radius 3 is 2.59 bits per heavy atom. The van der Waals surface area contributed by atoms with E-state index in [1.807, 2.05) is 38.1 Å². The van der Waals surface area contributed by atoms with E-state index in [0.29, 0.717) is 16.9 Å². The SMILES string of the molecule is Cc1ccc(-c2noc(-c3cn(CC(=O)NC4CCCCC4)c4nc(C)ccc4c3=O)n2)cc1. The fourth-order valence-electron chi connectivity index (χ4n) is 4.46. The minimum absolute atomic E-state index is 0.0513. The van der Waals surface area contributed by atoms with Gasteiger partial charge in [-0.2, -0.15) is 4.98 Å². The lowest BCUT2D eigenvalue weighted by molar-refractivity contribution is -0.122. The summed E-state index contributed by atoms with van der Waals surface area (Å²) < 4.78 is 7.18. The molecule has 1 aromatic carbocycles. The Balaban J connectivity index is 1.52. The largest absolute Gasteiger partial charge is 0.352 e. The van der Waals surface area contributed by atoms with Crippen molar-refractivity contribution in [3.8, 4) is 22.8 Å². The highest BCUT2D eigenvalue weighted by molar-refractivity contribution is 5.83. The zero-order chi connectivity index (χ0) is 23.7. The van der Waals surface area contributed by atoms with Crippen LogP contribution in [0.2, 0.25) is 0 Å². The Morgan fingerprint density at radius 2 is 1.82 bits per heavy atom. The number of pyridine rings is 2. The number of hydrogen-bond donors (Lipinski definition) is 1. The molecule has 1 amide bonds. The standard InChI is InChI=1S/C26H27N5O3/c1-16-8-11-18(12-9-16)24-29-26(34-30-24)21-14-31(15-22(32)28-19-6-4-3-5-7-19)25-20(23(21)33)13-10-17(2)27-25/h8-14,19H,3-7,15H2,1-2H3,(H,28,32). The molecule has 1 fully saturated rings. The van der Waals surface area contributed by atoms with Crippen molar-refractivity contribution < 1.29 is 9.32 Å². The van der Waals surface area contributed by atoms with Crippen molar-refractivity contribution in [3.63, 3.8) is 0 Å². The van der Waals surface area contributed by atoms with E-state index in [-0.39, 0.29) is 35.4 Å². The molecular formula is C26H27N5O3. The summed E-state index contributed by atoms with van der Waals surface area (Å²) in [7, 11) is 0. The molecule has 5 rings (SSSR count). The predicted molar refractivity (Wildman–Crippen MR) is 129 cm³/mol. The van der Waals surface area contributed by atoms with E-state index >= 15 is 0 Å². The van der Waals surface area contributed by atoms with Gasteiger partial charge in [0, 0.05) is 23.5 Å². The van der Waals surface area contributed by atoms with Gasteiger partial charge in [0.05, 0.1) is 5.39 Å². The summed E-state index contributed by atoms with van der Waals surface area (Å²) in [6.45, 7) is 3.91. The fraction of sp³-hybridized carbons (Fsp3) is 0.346. The smallest absolute Gasteiger partial charge is 0.263 e. The molecule has 0 bridgehead atoms. The Kier molecular flexibility index (Phi) is 5.96. The molecule has 3 heterocycles. The highest BCUT2D eigenvalue weighted by Crippen LogP contribution is 2.23. The molecule has 0 spiro atoms. The molecule has 8 nitrogen and oxygen atoms in total. The molecule has 34 heavy (non-hydrogen) atoms. The van der Waals surface area contributed by atoms with Crippen molar-refractivity contribution in [1.29, 1.82) is 0 Å². The summed E-state index contributed by atoms with van der Waals surface area (Å²) in [6, 6.07) is 11.5. The topological polar surface area (TPSA) is 103 Å². The highest BCUT2D eigenvalue weighted by Gasteiger charge is 2.20. The third kappa shape index (κ3) is 4.48. The van der Waals surface area contributed by atoms with Crippen LogP contribution < -0.4 is 10.7 Å². The molecule has 3 aromatic heterocycles. The van der Waals surface area contributed by atoms with Crippen molar-refractivity contribution in [1.82, 2.24) is 25.0 Å². The molecule has 0 unspecified atom stereocenters. The summed E-state index contributed by atoms with van der Waals surface area (Å²) in [5.41, 5.74) is 3.14. The number of rotatable bonds is 5. The van der Waals surface area contributed by atoms with Crippen LogP contribution in [-0.4, -0.2) is 31.6 Å². The summed E-state index contributed by atoms with van der Waals surface area (Å²) in [5.74, 6) is 0.416. The quantitative estimate of drug-likeness (QED) is 0.482. The minimum atomic E-state index is -0.259. The molecule has 0 radical (unpaired) electrons. The van der Waals surface area contributed by atoms with Crippen molar-refractivity contribution in [2.24, 2.45) is 0 Å².